The maximum absolute atomic E-state index is 11.9. The summed E-state index contributed by atoms with van der Waals surface area (Å²) in [5.41, 5.74) is 0. The van der Waals surface area contributed by atoms with Crippen LogP contribution >= 0.6 is 0 Å². The first-order valence-corrected chi connectivity index (χ1v) is 6.51. The normalized spacial score (nSPS) is 10.3. The molecule has 0 atom stereocenters. The second-order valence-electron chi connectivity index (χ2n) is 4.10. The molecule has 0 saturated carbocycles. The largest absolute Gasteiger partial charge is 0.425 e. The van der Waals surface area contributed by atoms with Gasteiger partial charge in [-0.3, -0.25) is 0 Å². The Morgan fingerprint density at radius 2 is 1.95 bits per heavy atom. The monoisotopic (exact) mass is 275 g/mol. The molecule has 106 valence electrons. The SMILES string of the molecule is CCN(CC)c1nnnn1CC(=O)Oc1ccccc1. The lowest BCUT2D eigenvalue weighted by Gasteiger charge is -2.18. The van der Waals surface area contributed by atoms with E-state index >= 15 is 0 Å². The first-order chi connectivity index (χ1) is 9.74. The first kappa shape index (κ1) is 14.0. The van der Waals surface area contributed by atoms with Gasteiger partial charge in [-0.1, -0.05) is 23.3 Å². The second-order valence-corrected chi connectivity index (χ2v) is 4.10. The van der Waals surface area contributed by atoms with Crippen LogP contribution in [0.1, 0.15) is 13.8 Å². The number of hydrogen-bond acceptors (Lipinski definition) is 6. The number of para-hydroxylation sites is 1. The lowest BCUT2D eigenvalue weighted by atomic mass is 10.3. The summed E-state index contributed by atoms with van der Waals surface area (Å²) in [5, 5.41) is 11.4. The van der Waals surface area contributed by atoms with Crippen molar-refractivity contribution in [1.82, 2.24) is 20.2 Å². The van der Waals surface area contributed by atoms with Crippen molar-refractivity contribution < 1.29 is 9.53 Å². The molecule has 20 heavy (non-hydrogen) atoms. The van der Waals surface area contributed by atoms with Crippen molar-refractivity contribution in [2.45, 2.75) is 20.4 Å². The standard InChI is InChI=1S/C13H17N5O2/c1-3-17(4-2)13-14-15-16-18(13)10-12(19)20-11-8-6-5-7-9-11/h5-9H,3-4,10H2,1-2H3. The first-order valence-electron chi connectivity index (χ1n) is 6.51. The predicted octanol–water partition coefficient (Wildman–Crippen LogP) is 1.12. The van der Waals surface area contributed by atoms with Gasteiger partial charge in [-0.25, -0.2) is 9.48 Å². The van der Waals surface area contributed by atoms with Crippen LogP contribution in [0.15, 0.2) is 30.3 Å². The summed E-state index contributed by atoms with van der Waals surface area (Å²) in [6.07, 6.45) is 0. The molecule has 0 aliphatic carbocycles. The number of rotatable bonds is 6. The minimum absolute atomic E-state index is 0.0201. The third-order valence-electron chi connectivity index (χ3n) is 2.81. The quantitative estimate of drug-likeness (QED) is 0.581. The average Bonchev–Trinajstić information content (AvgIpc) is 2.89. The van der Waals surface area contributed by atoms with Gasteiger partial charge in [0.05, 0.1) is 0 Å². The van der Waals surface area contributed by atoms with Crippen LogP contribution in [0.5, 0.6) is 5.75 Å². The molecule has 0 spiro atoms. The summed E-state index contributed by atoms with van der Waals surface area (Å²) in [6, 6.07) is 8.92. The van der Waals surface area contributed by atoms with Crippen molar-refractivity contribution in [2.24, 2.45) is 0 Å². The number of nitrogens with zero attached hydrogens (tertiary/aromatic N) is 5. The number of aromatic nitrogens is 4. The Labute approximate surface area is 117 Å². The number of esters is 1. The Morgan fingerprint density at radius 1 is 1.25 bits per heavy atom. The molecule has 1 heterocycles. The number of benzene rings is 1. The zero-order valence-electron chi connectivity index (χ0n) is 11.6. The molecule has 0 fully saturated rings. The van der Waals surface area contributed by atoms with Crippen LogP contribution in [-0.2, 0) is 11.3 Å². The van der Waals surface area contributed by atoms with Gasteiger partial charge in [-0.2, -0.15) is 0 Å². The van der Waals surface area contributed by atoms with Crippen molar-refractivity contribution in [1.29, 1.82) is 0 Å². The molecule has 0 bridgehead atoms. The van der Waals surface area contributed by atoms with E-state index < -0.39 is 5.97 Å². The van der Waals surface area contributed by atoms with E-state index in [4.69, 9.17) is 4.74 Å². The van der Waals surface area contributed by atoms with Gasteiger partial charge >= 0.3 is 5.97 Å². The zero-order chi connectivity index (χ0) is 14.4. The molecule has 0 unspecified atom stereocenters. The molecule has 0 amide bonds. The topological polar surface area (TPSA) is 73.1 Å². The molecule has 2 aromatic rings. The summed E-state index contributed by atoms with van der Waals surface area (Å²) in [4.78, 5) is 13.8. The second kappa shape index (κ2) is 6.65. The molecule has 0 N–H and O–H groups in total. The van der Waals surface area contributed by atoms with Crippen LogP contribution in [0.4, 0.5) is 5.95 Å². The highest BCUT2D eigenvalue weighted by molar-refractivity contribution is 5.72. The molecule has 7 heteroatoms. The molecule has 0 saturated heterocycles. The fraction of sp³-hybridized carbons (Fsp3) is 0.385. The van der Waals surface area contributed by atoms with E-state index in [1.54, 1.807) is 24.3 Å². The third kappa shape index (κ3) is 3.31. The summed E-state index contributed by atoms with van der Waals surface area (Å²) >= 11 is 0. The molecule has 0 aliphatic rings. The Hall–Kier alpha value is -2.44. The van der Waals surface area contributed by atoms with E-state index in [2.05, 4.69) is 15.5 Å². The van der Waals surface area contributed by atoms with Crippen LogP contribution in [0.2, 0.25) is 0 Å². The Bertz CT molecular complexity index is 551. The fourth-order valence-electron chi connectivity index (χ4n) is 1.81. The van der Waals surface area contributed by atoms with E-state index in [9.17, 15) is 4.79 Å². The summed E-state index contributed by atoms with van der Waals surface area (Å²) in [5.74, 6) is 0.673. The molecular weight excluding hydrogens is 258 g/mol. The molecule has 7 nitrogen and oxygen atoms in total. The van der Waals surface area contributed by atoms with Crippen molar-refractivity contribution in [3.05, 3.63) is 30.3 Å². The Kier molecular flexibility index (Phi) is 4.65. The van der Waals surface area contributed by atoms with E-state index in [1.165, 1.54) is 4.68 Å². The van der Waals surface area contributed by atoms with E-state index in [0.717, 1.165) is 13.1 Å². The van der Waals surface area contributed by atoms with Crippen molar-refractivity contribution in [3.8, 4) is 5.75 Å². The van der Waals surface area contributed by atoms with Crippen LogP contribution < -0.4 is 9.64 Å². The van der Waals surface area contributed by atoms with Crippen molar-refractivity contribution in [2.75, 3.05) is 18.0 Å². The lowest BCUT2D eigenvalue weighted by molar-refractivity contribution is -0.135. The van der Waals surface area contributed by atoms with E-state index in [1.807, 2.05) is 24.8 Å². The molecule has 0 radical (unpaired) electrons. The predicted molar refractivity (Wildman–Crippen MR) is 73.5 cm³/mol. The van der Waals surface area contributed by atoms with Gasteiger partial charge in [0.2, 0.25) is 5.95 Å². The number of carbonyl (C=O) groups excluding carboxylic acids is 1. The summed E-state index contributed by atoms with van der Waals surface area (Å²) in [6.45, 7) is 5.53. The summed E-state index contributed by atoms with van der Waals surface area (Å²) < 4.78 is 6.66. The highest BCUT2D eigenvalue weighted by atomic mass is 16.5. The highest BCUT2D eigenvalue weighted by Gasteiger charge is 2.15. The fourth-order valence-corrected chi connectivity index (χ4v) is 1.81. The van der Waals surface area contributed by atoms with Crippen molar-refractivity contribution in [3.63, 3.8) is 0 Å². The van der Waals surface area contributed by atoms with Crippen LogP contribution in [0, 0.1) is 0 Å². The number of carbonyl (C=O) groups is 1. The van der Waals surface area contributed by atoms with Gasteiger partial charge in [0.15, 0.2) is 0 Å². The van der Waals surface area contributed by atoms with Crippen LogP contribution in [-0.4, -0.2) is 39.3 Å². The number of hydrogen-bond donors (Lipinski definition) is 0. The Morgan fingerprint density at radius 3 is 2.60 bits per heavy atom. The maximum Gasteiger partial charge on any atom is 0.333 e. The minimum atomic E-state index is -0.406. The molecular formula is C13H17N5O2. The minimum Gasteiger partial charge on any atom is -0.425 e. The van der Waals surface area contributed by atoms with Crippen molar-refractivity contribution >= 4 is 11.9 Å². The van der Waals surface area contributed by atoms with Gasteiger partial charge < -0.3 is 9.64 Å². The Balaban J connectivity index is 2.03. The lowest BCUT2D eigenvalue weighted by Crippen LogP contribution is -2.28. The maximum atomic E-state index is 11.9. The third-order valence-corrected chi connectivity index (χ3v) is 2.81. The van der Waals surface area contributed by atoms with E-state index in [0.29, 0.717) is 11.7 Å². The highest BCUT2D eigenvalue weighted by Crippen LogP contribution is 2.11. The zero-order valence-corrected chi connectivity index (χ0v) is 11.6. The number of ether oxygens (including phenoxy) is 1. The molecule has 0 aliphatic heterocycles. The number of anilines is 1. The summed E-state index contributed by atoms with van der Waals surface area (Å²) in [7, 11) is 0. The van der Waals surface area contributed by atoms with Gasteiger partial charge in [-0.15, -0.1) is 0 Å². The van der Waals surface area contributed by atoms with Gasteiger partial charge in [0, 0.05) is 13.1 Å². The smallest absolute Gasteiger partial charge is 0.333 e. The number of tetrazole rings is 1. The van der Waals surface area contributed by atoms with Crippen LogP contribution in [0.25, 0.3) is 0 Å². The van der Waals surface area contributed by atoms with E-state index in [-0.39, 0.29) is 6.54 Å². The average molecular weight is 275 g/mol. The van der Waals surface area contributed by atoms with Gasteiger partial charge in [-0.05, 0) is 36.4 Å². The van der Waals surface area contributed by atoms with Gasteiger partial charge in [0.25, 0.3) is 0 Å². The van der Waals surface area contributed by atoms with Gasteiger partial charge in [0.1, 0.15) is 12.3 Å². The molecule has 1 aromatic carbocycles. The van der Waals surface area contributed by atoms with Crippen LogP contribution in [0.3, 0.4) is 0 Å². The molecule has 2 rings (SSSR count). The molecule has 1 aromatic heterocycles.